The van der Waals surface area contributed by atoms with Gasteiger partial charge in [-0.25, -0.2) is 0 Å². The number of hydrogen-bond acceptors (Lipinski definition) is 3. The summed E-state index contributed by atoms with van der Waals surface area (Å²) in [4.78, 5) is 15.1. The Labute approximate surface area is 80.7 Å². The van der Waals surface area contributed by atoms with Crippen molar-refractivity contribution in [3.63, 3.8) is 0 Å². The molecule has 75 valence electrons. The van der Waals surface area contributed by atoms with Crippen molar-refractivity contribution >= 4 is 6.29 Å². The van der Waals surface area contributed by atoms with Crippen molar-refractivity contribution in [1.29, 1.82) is 0 Å². The van der Waals surface area contributed by atoms with Gasteiger partial charge in [0.2, 0.25) is 6.29 Å². The number of nitrogens with zero attached hydrogens (tertiary/aromatic N) is 2. The summed E-state index contributed by atoms with van der Waals surface area (Å²) in [6, 6.07) is 0. The van der Waals surface area contributed by atoms with E-state index < -0.39 is 0 Å². The van der Waals surface area contributed by atoms with Crippen LogP contribution in [0, 0.1) is 5.92 Å². The normalized spacial score (nSPS) is 24.1. The van der Waals surface area contributed by atoms with E-state index >= 15 is 0 Å². The second kappa shape index (κ2) is 5.35. The minimum atomic E-state index is 0.163. The fourth-order valence-corrected chi connectivity index (χ4v) is 1.76. The molecule has 3 heteroatoms. The van der Waals surface area contributed by atoms with Crippen LogP contribution < -0.4 is 0 Å². The molecule has 3 nitrogen and oxygen atoms in total. The fourth-order valence-electron chi connectivity index (χ4n) is 1.76. The van der Waals surface area contributed by atoms with Crippen molar-refractivity contribution in [2.24, 2.45) is 5.92 Å². The van der Waals surface area contributed by atoms with Gasteiger partial charge >= 0.3 is 0 Å². The van der Waals surface area contributed by atoms with Gasteiger partial charge in [0.1, 0.15) is 0 Å². The standard InChI is InChI=1S/C10H19N2O/c1-3-11(4-2)9-12-6-5-10(7-12)8-13/h10H,3-7,9H2,1-2H3. The average molecular weight is 183 g/mol. The molecular weight excluding hydrogens is 164 g/mol. The van der Waals surface area contributed by atoms with Gasteiger partial charge < -0.3 is 0 Å². The first-order chi connectivity index (χ1) is 6.30. The Morgan fingerprint density at radius 3 is 2.62 bits per heavy atom. The molecule has 1 aliphatic heterocycles. The van der Waals surface area contributed by atoms with Gasteiger partial charge in [0.25, 0.3) is 0 Å². The van der Waals surface area contributed by atoms with Crippen LogP contribution in [0.25, 0.3) is 0 Å². The molecule has 13 heavy (non-hydrogen) atoms. The number of likely N-dealkylation sites (tertiary alicyclic amines) is 1. The molecule has 1 radical (unpaired) electrons. The highest BCUT2D eigenvalue weighted by atomic mass is 16.1. The second-order valence-electron chi connectivity index (χ2n) is 3.63. The zero-order chi connectivity index (χ0) is 9.68. The predicted molar refractivity (Wildman–Crippen MR) is 53.2 cm³/mol. The maximum atomic E-state index is 10.4. The molecule has 0 amide bonds. The SMILES string of the molecule is CCN(CC)CN1CCC([C]=O)C1. The molecule has 0 spiro atoms. The Morgan fingerprint density at radius 2 is 2.15 bits per heavy atom. The first-order valence-electron chi connectivity index (χ1n) is 5.12. The monoisotopic (exact) mass is 183 g/mol. The lowest BCUT2D eigenvalue weighted by Gasteiger charge is -2.24. The van der Waals surface area contributed by atoms with E-state index in [1.54, 1.807) is 0 Å². The Kier molecular flexibility index (Phi) is 4.39. The molecule has 0 N–H and O–H groups in total. The molecule has 0 aliphatic carbocycles. The van der Waals surface area contributed by atoms with E-state index in [2.05, 4.69) is 29.9 Å². The second-order valence-corrected chi connectivity index (χ2v) is 3.63. The molecule has 1 aliphatic rings. The maximum Gasteiger partial charge on any atom is 0.203 e. The van der Waals surface area contributed by atoms with Crippen LogP contribution in [0.15, 0.2) is 0 Å². The van der Waals surface area contributed by atoms with Crippen LogP contribution in [0.3, 0.4) is 0 Å². The van der Waals surface area contributed by atoms with Crippen LogP contribution in [0.5, 0.6) is 0 Å². The molecule has 0 aromatic rings. The van der Waals surface area contributed by atoms with Gasteiger partial charge in [-0.2, -0.15) is 0 Å². The summed E-state index contributed by atoms with van der Waals surface area (Å²) in [7, 11) is 0. The lowest BCUT2D eigenvalue weighted by atomic mass is 10.1. The molecule has 1 saturated heterocycles. The molecule has 1 heterocycles. The first-order valence-corrected chi connectivity index (χ1v) is 5.12. The number of rotatable bonds is 5. The van der Waals surface area contributed by atoms with Crippen molar-refractivity contribution in [2.75, 3.05) is 32.8 Å². The quantitative estimate of drug-likeness (QED) is 0.627. The summed E-state index contributed by atoms with van der Waals surface area (Å²) < 4.78 is 0. The largest absolute Gasteiger partial charge is 0.291 e. The van der Waals surface area contributed by atoms with Crippen molar-refractivity contribution in [3.05, 3.63) is 0 Å². The third kappa shape index (κ3) is 3.08. The molecule has 0 aromatic carbocycles. The van der Waals surface area contributed by atoms with Crippen LogP contribution in [-0.4, -0.2) is 48.9 Å². The third-order valence-electron chi connectivity index (χ3n) is 2.73. The van der Waals surface area contributed by atoms with E-state index in [1.165, 1.54) is 0 Å². The summed E-state index contributed by atoms with van der Waals surface area (Å²) in [5.41, 5.74) is 0. The van der Waals surface area contributed by atoms with Gasteiger partial charge in [-0.15, -0.1) is 0 Å². The van der Waals surface area contributed by atoms with Gasteiger partial charge in [-0.3, -0.25) is 14.6 Å². The lowest BCUT2D eigenvalue weighted by Crippen LogP contribution is -2.36. The molecule has 1 fully saturated rings. The van der Waals surface area contributed by atoms with Gasteiger partial charge in [-0.1, -0.05) is 13.8 Å². The Hall–Kier alpha value is -0.410. The smallest absolute Gasteiger partial charge is 0.203 e. The Balaban J connectivity index is 2.26. The number of carbonyl (C=O) groups excluding carboxylic acids is 1. The molecule has 1 unspecified atom stereocenters. The van der Waals surface area contributed by atoms with E-state index in [9.17, 15) is 4.79 Å². The predicted octanol–water partition coefficient (Wildman–Crippen LogP) is 0.717. The average Bonchev–Trinajstić information content (AvgIpc) is 2.61. The van der Waals surface area contributed by atoms with Crippen LogP contribution in [0.2, 0.25) is 0 Å². The first kappa shape index (κ1) is 10.7. The van der Waals surface area contributed by atoms with Crippen LogP contribution in [-0.2, 0) is 4.79 Å². The third-order valence-corrected chi connectivity index (χ3v) is 2.73. The van der Waals surface area contributed by atoms with Crippen molar-refractivity contribution in [1.82, 2.24) is 9.80 Å². The topological polar surface area (TPSA) is 23.6 Å². The Bertz CT molecular complexity index is 157. The van der Waals surface area contributed by atoms with E-state index in [1.807, 2.05) is 0 Å². The van der Waals surface area contributed by atoms with E-state index in [0.717, 1.165) is 39.3 Å². The molecule has 0 aromatic heterocycles. The zero-order valence-electron chi connectivity index (χ0n) is 8.62. The van der Waals surface area contributed by atoms with E-state index in [-0.39, 0.29) is 5.92 Å². The van der Waals surface area contributed by atoms with E-state index in [0.29, 0.717) is 0 Å². The van der Waals surface area contributed by atoms with Crippen molar-refractivity contribution in [2.45, 2.75) is 20.3 Å². The summed E-state index contributed by atoms with van der Waals surface area (Å²) in [6.45, 7) is 9.47. The van der Waals surface area contributed by atoms with Gasteiger partial charge in [-0.05, 0) is 19.5 Å². The molecular formula is C10H19N2O. The molecule has 0 saturated carbocycles. The highest BCUT2D eigenvalue weighted by Crippen LogP contribution is 2.13. The molecule has 0 bridgehead atoms. The fraction of sp³-hybridized carbons (Fsp3) is 0.900. The van der Waals surface area contributed by atoms with Gasteiger partial charge in [0, 0.05) is 19.0 Å². The van der Waals surface area contributed by atoms with Crippen LogP contribution >= 0.6 is 0 Å². The minimum Gasteiger partial charge on any atom is -0.291 e. The van der Waals surface area contributed by atoms with E-state index in [4.69, 9.17) is 0 Å². The summed E-state index contributed by atoms with van der Waals surface area (Å²) in [5.74, 6) is 0.163. The molecule has 1 atom stereocenters. The lowest BCUT2D eigenvalue weighted by molar-refractivity contribution is 0.164. The highest BCUT2D eigenvalue weighted by molar-refractivity contribution is 5.55. The Morgan fingerprint density at radius 1 is 1.46 bits per heavy atom. The van der Waals surface area contributed by atoms with Crippen molar-refractivity contribution in [3.8, 4) is 0 Å². The van der Waals surface area contributed by atoms with Crippen LogP contribution in [0.4, 0.5) is 0 Å². The number of hydrogen-bond donors (Lipinski definition) is 0. The van der Waals surface area contributed by atoms with Crippen LogP contribution in [0.1, 0.15) is 20.3 Å². The summed E-state index contributed by atoms with van der Waals surface area (Å²) in [5, 5.41) is 0. The van der Waals surface area contributed by atoms with Crippen molar-refractivity contribution < 1.29 is 4.79 Å². The summed E-state index contributed by atoms with van der Waals surface area (Å²) in [6.07, 6.45) is 3.08. The maximum absolute atomic E-state index is 10.4. The van der Waals surface area contributed by atoms with Gasteiger partial charge in [0.15, 0.2) is 0 Å². The zero-order valence-corrected chi connectivity index (χ0v) is 8.62. The molecule has 1 rings (SSSR count). The highest BCUT2D eigenvalue weighted by Gasteiger charge is 2.22. The minimum absolute atomic E-state index is 0.163. The summed E-state index contributed by atoms with van der Waals surface area (Å²) >= 11 is 0. The van der Waals surface area contributed by atoms with Gasteiger partial charge in [0.05, 0.1) is 6.67 Å².